The number of methoxy groups -OCH3 is 1. The number of likely N-dealkylation sites (tertiary alicyclic amines) is 1. The SMILES string of the molecule is COc1ccccc1Oc1cccc(CN2CCC(NC(=O)Cc3ccc(F)cc3)C2)c1. The Labute approximate surface area is 187 Å². The Hall–Kier alpha value is -3.38. The number of rotatable bonds is 8. The molecule has 1 atom stereocenters. The molecule has 1 heterocycles. The van der Waals surface area contributed by atoms with Gasteiger partial charge >= 0.3 is 0 Å². The molecule has 3 aromatic rings. The zero-order valence-electron chi connectivity index (χ0n) is 18.1. The third kappa shape index (κ3) is 5.86. The lowest BCUT2D eigenvalue weighted by molar-refractivity contribution is -0.121. The van der Waals surface area contributed by atoms with Crippen LogP contribution in [0.5, 0.6) is 17.2 Å². The van der Waals surface area contributed by atoms with Crippen LogP contribution < -0.4 is 14.8 Å². The maximum atomic E-state index is 13.0. The molecule has 166 valence electrons. The molecule has 1 aliphatic heterocycles. The molecule has 32 heavy (non-hydrogen) atoms. The van der Waals surface area contributed by atoms with Crippen LogP contribution in [-0.4, -0.2) is 37.0 Å². The summed E-state index contributed by atoms with van der Waals surface area (Å²) in [5, 5.41) is 3.10. The van der Waals surface area contributed by atoms with Crippen LogP contribution in [0.25, 0.3) is 0 Å². The summed E-state index contributed by atoms with van der Waals surface area (Å²) in [5.41, 5.74) is 1.96. The first-order valence-corrected chi connectivity index (χ1v) is 10.7. The molecule has 0 aromatic heterocycles. The number of nitrogens with one attached hydrogen (secondary N) is 1. The first-order chi connectivity index (χ1) is 15.6. The number of halogens is 1. The number of ether oxygens (including phenoxy) is 2. The Morgan fingerprint density at radius 1 is 1.03 bits per heavy atom. The summed E-state index contributed by atoms with van der Waals surface area (Å²) in [5.74, 6) is 1.80. The Balaban J connectivity index is 1.29. The third-order valence-corrected chi connectivity index (χ3v) is 5.52. The normalized spacial score (nSPS) is 16.0. The summed E-state index contributed by atoms with van der Waals surface area (Å²) >= 11 is 0. The highest BCUT2D eigenvalue weighted by molar-refractivity contribution is 5.78. The Kier molecular flexibility index (Phi) is 7.02. The monoisotopic (exact) mass is 434 g/mol. The Morgan fingerprint density at radius 3 is 2.59 bits per heavy atom. The van der Waals surface area contributed by atoms with Gasteiger partial charge in [-0.1, -0.05) is 36.4 Å². The lowest BCUT2D eigenvalue weighted by atomic mass is 10.1. The van der Waals surface area contributed by atoms with E-state index in [4.69, 9.17) is 9.47 Å². The highest BCUT2D eigenvalue weighted by Gasteiger charge is 2.24. The van der Waals surface area contributed by atoms with Crippen LogP contribution in [0, 0.1) is 5.82 Å². The molecule has 0 saturated carbocycles. The van der Waals surface area contributed by atoms with Gasteiger partial charge in [0.05, 0.1) is 13.5 Å². The van der Waals surface area contributed by atoms with E-state index in [-0.39, 0.29) is 24.2 Å². The number of carbonyl (C=O) groups excluding carboxylic acids is 1. The van der Waals surface area contributed by atoms with E-state index in [1.54, 1.807) is 19.2 Å². The van der Waals surface area contributed by atoms with E-state index >= 15 is 0 Å². The van der Waals surface area contributed by atoms with Crippen LogP contribution in [0.4, 0.5) is 4.39 Å². The molecule has 1 fully saturated rings. The molecule has 0 bridgehead atoms. The zero-order valence-corrected chi connectivity index (χ0v) is 18.1. The standard InChI is InChI=1S/C26H27FN2O3/c1-31-24-7-2-3-8-25(24)32-23-6-4-5-20(15-23)17-29-14-13-22(18-29)28-26(30)16-19-9-11-21(27)12-10-19/h2-12,15,22H,13-14,16-18H2,1H3,(H,28,30). The van der Waals surface area contributed by atoms with Gasteiger partial charge in [0.2, 0.25) is 5.91 Å². The van der Waals surface area contributed by atoms with E-state index in [9.17, 15) is 9.18 Å². The summed E-state index contributed by atoms with van der Waals surface area (Å²) in [6.07, 6.45) is 1.17. The van der Waals surface area contributed by atoms with Crippen molar-refractivity contribution in [2.24, 2.45) is 0 Å². The fourth-order valence-electron chi connectivity index (χ4n) is 3.96. The van der Waals surface area contributed by atoms with Crippen molar-refractivity contribution >= 4 is 5.91 Å². The molecular formula is C26H27FN2O3. The Bertz CT molecular complexity index is 1050. The van der Waals surface area contributed by atoms with Gasteiger partial charge in [0.25, 0.3) is 0 Å². The van der Waals surface area contributed by atoms with Gasteiger partial charge in [0.1, 0.15) is 11.6 Å². The fraction of sp³-hybridized carbons (Fsp3) is 0.269. The van der Waals surface area contributed by atoms with Crippen LogP contribution in [-0.2, 0) is 17.8 Å². The van der Waals surface area contributed by atoms with Crippen molar-refractivity contribution in [1.29, 1.82) is 0 Å². The van der Waals surface area contributed by atoms with E-state index in [1.807, 2.05) is 42.5 Å². The summed E-state index contributed by atoms with van der Waals surface area (Å²) in [6.45, 7) is 2.50. The van der Waals surface area contributed by atoms with Crippen LogP contribution in [0.1, 0.15) is 17.5 Å². The largest absolute Gasteiger partial charge is 0.493 e. The van der Waals surface area contributed by atoms with Gasteiger partial charge in [0.15, 0.2) is 11.5 Å². The van der Waals surface area contributed by atoms with Gasteiger partial charge in [-0.25, -0.2) is 4.39 Å². The lowest BCUT2D eigenvalue weighted by Crippen LogP contribution is -2.37. The summed E-state index contributed by atoms with van der Waals surface area (Å²) in [4.78, 5) is 14.7. The van der Waals surface area contributed by atoms with Crippen LogP contribution >= 0.6 is 0 Å². The highest BCUT2D eigenvalue weighted by Crippen LogP contribution is 2.31. The molecule has 1 aliphatic rings. The maximum absolute atomic E-state index is 13.0. The average molecular weight is 435 g/mol. The van der Waals surface area contributed by atoms with Gasteiger partial charge < -0.3 is 14.8 Å². The minimum atomic E-state index is -0.294. The number of hydrogen-bond acceptors (Lipinski definition) is 4. The molecule has 6 heteroatoms. The van der Waals surface area contributed by atoms with E-state index in [1.165, 1.54) is 12.1 Å². The van der Waals surface area contributed by atoms with Crippen LogP contribution in [0.15, 0.2) is 72.8 Å². The van der Waals surface area contributed by atoms with Crippen LogP contribution in [0.3, 0.4) is 0 Å². The molecule has 5 nitrogen and oxygen atoms in total. The quantitative estimate of drug-likeness (QED) is 0.565. The molecule has 0 radical (unpaired) electrons. The third-order valence-electron chi connectivity index (χ3n) is 5.52. The first-order valence-electron chi connectivity index (χ1n) is 10.7. The molecule has 3 aromatic carbocycles. The summed E-state index contributed by atoms with van der Waals surface area (Å²) < 4.78 is 24.4. The molecule has 1 saturated heterocycles. The van der Waals surface area contributed by atoms with E-state index in [2.05, 4.69) is 16.3 Å². The Morgan fingerprint density at radius 2 is 1.81 bits per heavy atom. The number of hydrogen-bond donors (Lipinski definition) is 1. The number of para-hydroxylation sites is 2. The molecule has 4 rings (SSSR count). The minimum absolute atomic E-state index is 0.0318. The van der Waals surface area contributed by atoms with E-state index < -0.39 is 0 Å². The molecule has 1 unspecified atom stereocenters. The topological polar surface area (TPSA) is 50.8 Å². The van der Waals surface area contributed by atoms with Crippen molar-refractivity contribution in [3.8, 4) is 17.2 Å². The van der Waals surface area contributed by atoms with E-state index in [0.29, 0.717) is 11.5 Å². The number of benzene rings is 3. The molecule has 0 aliphatic carbocycles. The molecular weight excluding hydrogens is 407 g/mol. The average Bonchev–Trinajstić information content (AvgIpc) is 3.22. The first kappa shape index (κ1) is 21.8. The van der Waals surface area contributed by atoms with Crippen molar-refractivity contribution in [1.82, 2.24) is 10.2 Å². The molecule has 1 amide bonds. The predicted octanol–water partition coefficient (Wildman–Crippen LogP) is 4.56. The van der Waals surface area contributed by atoms with Gasteiger partial charge in [-0.2, -0.15) is 0 Å². The van der Waals surface area contributed by atoms with Gasteiger partial charge in [-0.05, 0) is 53.9 Å². The smallest absolute Gasteiger partial charge is 0.224 e. The van der Waals surface area contributed by atoms with Crippen LogP contribution in [0.2, 0.25) is 0 Å². The second kappa shape index (κ2) is 10.3. The van der Waals surface area contributed by atoms with E-state index in [0.717, 1.165) is 42.9 Å². The van der Waals surface area contributed by atoms with Crippen molar-refractivity contribution in [3.63, 3.8) is 0 Å². The summed E-state index contributed by atoms with van der Waals surface area (Å²) in [7, 11) is 1.63. The number of amides is 1. The zero-order chi connectivity index (χ0) is 22.3. The van der Waals surface area contributed by atoms with Gasteiger partial charge in [-0.3, -0.25) is 9.69 Å². The van der Waals surface area contributed by atoms with Gasteiger partial charge in [-0.15, -0.1) is 0 Å². The van der Waals surface area contributed by atoms with Crippen molar-refractivity contribution in [2.45, 2.75) is 25.4 Å². The minimum Gasteiger partial charge on any atom is -0.493 e. The highest BCUT2D eigenvalue weighted by atomic mass is 19.1. The number of carbonyl (C=O) groups is 1. The fourth-order valence-corrected chi connectivity index (χ4v) is 3.96. The molecule has 1 N–H and O–H groups in total. The van der Waals surface area contributed by atoms with Crippen molar-refractivity contribution in [3.05, 3.63) is 89.7 Å². The molecule has 0 spiro atoms. The lowest BCUT2D eigenvalue weighted by Gasteiger charge is -2.17. The maximum Gasteiger partial charge on any atom is 0.224 e. The van der Waals surface area contributed by atoms with Crippen molar-refractivity contribution < 1.29 is 18.7 Å². The van der Waals surface area contributed by atoms with Crippen molar-refractivity contribution in [2.75, 3.05) is 20.2 Å². The number of nitrogens with zero attached hydrogens (tertiary/aromatic N) is 1. The van der Waals surface area contributed by atoms with Gasteiger partial charge in [0, 0.05) is 25.7 Å². The second-order valence-corrected chi connectivity index (χ2v) is 7.99. The summed E-state index contributed by atoms with van der Waals surface area (Å²) in [6, 6.07) is 21.8. The predicted molar refractivity (Wildman–Crippen MR) is 121 cm³/mol. The second-order valence-electron chi connectivity index (χ2n) is 7.99.